The van der Waals surface area contributed by atoms with Gasteiger partial charge in [-0.05, 0) is 36.7 Å². The summed E-state index contributed by atoms with van der Waals surface area (Å²) >= 11 is 0. The molecule has 18 heavy (non-hydrogen) atoms. The highest BCUT2D eigenvalue weighted by Gasteiger charge is 2.06. The number of hydrogen-bond donors (Lipinski definition) is 2. The van der Waals surface area contributed by atoms with Crippen molar-refractivity contribution in [3.05, 3.63) is 48.0 Å². The Balaban J connectivity index is 0.00000162. The number of pyridine rings is 1. The second-order valence-corrected chi connectivity index (χ2v) is 3.78. The number of aromatic hydroxyl groups is 1. The van der Waals surface area contributed by atoms with E-state index in [9.17, 15) is 9.50 Å². The zero-order chi connectivity index (χ0) is 12.3. The molecule has 1 heterocycles. The molecular formula is C14H17FN2O. The predicted octanol–water partition coefficient (Wildman–Crippen LogP) is 2.73. The van der Waals surface area contributed by atoms with E-state index in [-0.39, 0.29) is 13.2 Å². The lowest BCUT2D eigenvalue weighted by Gasteiger charge is -2.07. The fraction of sp³-hybridized carbons (Fsp3) is 0.214. The van der Waals surface area contributed by atoms with Crippen molar-refractivity contribution in [2.75, 3.05) is 6.54 Å². The van der Waals surface area contributed by atoms with Gasteiger partial charge >= 0.3 is 0 Å². The normalized spacial score (nSPS) is 9.89. The van der Waals surface area contributed by atoms with Crippen molar-refractivity contribution in [3.8, 4) is 16.9 Å². The molecule has 0 fully saturated rings. The molecule has 0 saturated heterocycles. The molecule has 0 saturated carbocycles. The number of aromatic nitrogens is 1. The average Bonchev–Trinajstić information content (AvgIpc) is 2.32. The third-order valence-corrected chi connectivity index (χ3v) is 2.51. The zero-order valence-electron chi connectivity index (χ0n) is 9.23. The fourth-order valence-electron chi connectivity index (χ4n) is 1.70. The van der Waals surface area contributed by atoms with Crippen LogP contribution in [0.4, 0.5) is 4.39 Å². The van der Waals surface area contributed by atoms with Crippen molar-refractivity contribution in [1.82, 2.24) is 4.98 Å². The Hall–Kier alpha value is -1.94. The molecule has 0 aliphatic rings. The zero-order valence-corrected chi connectivity index (χ0v) is 9.23. The molecule has 1 aromatic carbocycles. The molecule has 3 N–H and O–H groups in total. The molecule has 0 spiro atoms. The number of nitrogens with two attached hydrogens (primary N) is 1. The Morgan fingerprint density at radius 3 is 2.67 bits per heavy atom. The van der Waals surface area contributed by atoms with Gasteiger partial charge in [0, 0.05) is 17.3 Å². The lowest BCUT2D eigenvalue weighted by molar-refractivity contribution is 0.477. The van der Waals surface area contributed by atoms with Gasteiger partial charge in [-0.3, -0.25) is 4.98 Å². The maximum atomic E-state index is 13.1. The molecule has 4 heteroatoms. The van der Waals surface area contributed by atoms with Gasteiger partial charge in [-0.2, -0.15) is 0 Å². The molecule has 0 bridgehead atoms. The van der Waals surface area contributed by atoms with Gasteiger partial charge in [-0.15, -0.1) is 0 Å². The van der Waals surface area contributed by atoms with Crippen molar-refractivity contribution >= 4 is 0 Å². The van der Waals surface area contributed by atoms with Crippen LogP contribution in [0.3, 0.4) is 0 Å². The summed E-state index contributed by atoms with van der Waals surface area (Å²) in [5.74, 6) is -0.315. The highest BCUT2D eigenvalue weighted by Crippen LogP contribution is 2.29. The van der Waals surface area contributed by atoms with Crippen LogP contribution < -0.4 is 5.73 Å². The highest BCUT2D eigenvalue weighted by molar-refractivity contribution is 5.70. The van der Waals surface area contributed by atoms with Crippen LogP contribution in [0.15, 0.2) is 36.7 Å². The second kappa shape index (κ2) is 6.12. The van der Waals surface area contributed by atoms with E-state index in [1.165, 1.54) is 12.3 Å². The van der Waals surface area contributed by atoms with Crippen molar-refractivity contribution in [2.24, 2.45) is 5.73 Å². The van der Waals surface area contributed by atoms with Crippen LogP contribution in [0.2, 0.25) is 0 Å². The number of halogens is 1. The van der Waals surface area contributed by atoms with Gasteiger partial charge < -0.3 is 10.8 Å². The van der Waals surface area contributed by atoms with Crippen molar-refractivity contribution in [2.45, 2.75) is 13.8 Å². The topological polar surface area (TPSA) is 59.1 Å². The van der Waals surface area contributed by atoms with E-state index in [0.29, 0.717) is 17.7 Å². The maximum absolute atomic E-state index is 13.1. The predicted molar refractivity (Wildman–Crippen MR) is 70.8 cm³/mol. The van der Waals surface area contributed by atoms with Gasteiger partial charge in [-0.25, -0.2) is 4.39 Å². The molecule has 2 rings (SSSR count). The average molecular weight is 248 g/mol. The summed E-state index contributed by atoms with van der Waals surface area (Å²) in [4.78, 5) is 3.77. The summed E-state index contributed by atoms with van der Waals surface area (Å²) in [6, 6.07) is 6.54. The van der Waals surface area contributed by atoms with Gasteiger partial charge in [0.1, 0.15) is 11.6 Å². The van der Waals surface area contributed by atoms with Gasteiger partial charge in [0.2, 0.25) is 0 Å². The SMILES string of the molecule is C.NCCc1ccc(O)c(-c2cncc(F)c2)c1. The molecule has 1 aromatic heterocycles. The van der Waals surface area contributed by atoms with Gasteiger partial charge in [0.25, 0.3) is 0 Å². The van der Waals surface area contributed by atoms with Gasteiger partial charge in [-0.1, -0.05) is 13.5 Å². The largest absolute Gasteiger partial charge is 0.507 e. The third kappa shape index (κ3) is 3.05. The van der Waals surface area contributed by atoms with Crippen LogP contribution in [-0.4, -0.2) is 16.6 Å². The Morgan fingerprint density at radius 1 is 1.22 bits per heavy atom. The first-order chi connectivity index (χ1) is 8.20. The van der Waals surface area contributed by atoms with Crippen LogP contribution in [0.1, 0.15) is 13.0 Å². The summed E-state index contributed by atoms with van der Waals surface area (Å²) in [6.07, 6.45) is 3.37. The van der Waals surface area contributed by atoms with Crippen LogP contribution in [-0.2, 0) is 6.42 Å². The monoisotopic (exact) mass is 248 g/mol. The van der Waals surface area contributed by atoms with Crippen LogP contribution in [0, 0.1) is 5.82 Å². The van der Waals surface area contributed by atoms with Crippen LogP contribution >= 0.6 is 0 Å². The summed E-state index contributed by atoms with van der Waals surface area (Å²) in [7, 11) is 0. The number of rotatable bonds is 3. The molecule has 0 aliphatic carbocycles. The van der Waals surface area contributed by atoms with Gasteiger partial charge in [0.05, 0.1) is 6.20 Å². The highest BCUT2D eigenvalue weighted by atomic mass is 19.1. The first-order valence-electron chi connectivity index (χ1n) is 5.33. The Labute approximate surface area is 106 Å². The second-order valence-electron chi connectivity index (χ2n) is 3.78. The molecule has 3 nitrogen and oxygen atoms in total. The number of hydrogen-bond acceptors (Lipinski definition) is 3. The molecule has 0 amide bonds. The van der Waals surface area contributed by atoms with E-state index < -0.39 is 5.82 Å². The quantitative estimate of drug-likeness (QED) is 0.878. The van der Waals surface area contributed by atoms with Crippen LogP contribution in [0.5, 0.6) is 5.75 Å². The Bertz CT molecular complexity index is 529. The van der Waals surface area contributed by atoms with E-state index in [4.69, 9.17) is 5.73 Å². The van der Waals surface area contributed by atoms with E-state index in [0.717, 1.165) is 18.2 Å². The minimum absolute atomic E-state index is 0. The van der Waals surface area contributed by atoms with E-state index in [1.54, 1.807) is 18.2 Å². The molecule has 0 atom stereocenters. The maximum Gasteiger partial charge on any atom is 0.142 e. The van der Waals surface area contributed by atoms with E-state index in [2.05, 4.69) is 4.98 Å². The van der Waals surface area contributed by atoms with E-state index >= 15 is 0 Å². The minimum atomic E-state index is -0.425. The Morgan fingerprint density at radius 2 is 2.00 bits per heavy atom. The van der Waals surface area contributed by atoms with Crippen molar-refractivity contribution in [3.63, 3.8) is 0 Å². The molecular weight excluding hydrogens is 231 g/mol. The fourth-order valence-corrected chi connectivity index (χ4v) is 1.70. The van der Waals surface area contributed by atoms with E-state index in [1.807, 2.05) is 0 Å². The number of phenols is 1. The standard InChI is InChI=1S/C13H13FN2O.CH4/c14-11-6-10(7-16-8-11)12-5-9(3-4-15)1-2-13(12)17;/h1-2,5-8,17H,3-4,15H2;1H4. The number of nitrogens with zero attached hydrogens (tertiary/aromatic N) is 1. The summed E-state index contributed by atoms with van der Waals surface area (Å²) < 4.78 is 13.1. The molecule has 0 aliphatic heterocycles. The molecule has 0 radical (unpaired) electrons. The molecule has 96 valence electrons. The van der Waals surface area contributed by atoms with Crippen molar-refractivity contribution in [1.29, 1.82) is 0 Å². The third-order valence-electron chi connectivity index (χ3n) is 2.51. The first kappa shape index (κ1) is 14.1. The summed E-state index contributed by atoms with van der Waals surface area (Å²) in [6.45, 7) is 0.533. The number of phenolic OH excluding ortho intramolecular Hbond substituents is 1. The smallest absolute Gasteiger partial charge is 0.142 e. The van der Waals surface area contributed by atoms with Crippen LogP contribution in [0.25, 0.3) is 11.1 Å². The summed E-state index contributed by atoms with van der Waals surface area (Å²) in [5.41, 5.74) is 7.61. The first-order valence-corrected chi connectivity index (χ1v) is 5.33. The molecule has 0 unspecified atom stereocenters. The lowest BCUT2D eigenvalue weighted by Crippen LogP contribution is -2.02. The van der Waals surface area contributed by atoms with Gasteiger partial charge in [0.15, 0.2) is 0 Å². The number of benzene rings is 1. The lowest BCUT2D eigenvalue weighted by atomic mass is 10.0. The minimum Gasteiger partial charge on any atom is -0.507 e. The Kier molecular flexibility index (Phi) is 4.80. The van der Waals surface area contributed by atoms with Crippen molar-refractivity contribution < 1.29 is 9.50 Å². The molecule has 2 aromatic rings. The summed E-state index contributed by atoms with van der Waals surface area (Å²) in [5, 5.41) is 9.77.